The average molecular weight is 463 g/mol. The van der Waals surface area contributed by atoms with E-state index in [9.17, 15) is 19.5 Å². The van der Waals surface area contributed by atoms with Crippen LogP contribution in [0.25, 0.3) is 6.08 Å². The second kappa shape index (κ2) is 9.09. The van der Waals surface area contributed by atoms with Gasteiger partial charge in [0, 0.05) is 17.7 Å². The summed E-state index contributed by atoms with van der Waals surface area (Å²) in [7, 11) is 0. The van der Waals surface area contributed by atoms with Crippen LogP contribution in [0.3, 0.4) is 0 Å². The lowest BCUT2D eigenvalue weighted by Gasteiger charge is -2.34. The summed E-state index contributed by atoms with van der Waals surface area (Å²) in [4.78, 5) is 42.0. The van der Waals surface area contributed by atoms with Crippen LogP contribution < -0.4 is 4.90 Å². The van der Waals surface area contributed by atoms with Crippen LogP contribution in [-0.2, 0) is 20.4 Å². The summed E-state index contributed by atoms with van der Waals surface area (Å²) in [5.74, 6) is -1.04. The average Bonchev–Trinajstić information content (AvgIpc) is 2.74. The zero-order valence-electron chi connectivity index (χ0n) is 21.1. The molecule has 0 aliphatic carbocycles. The Labute approximate surface area is 201 Å². The minimum absolute atomic E-state index is 0.0812. The highest BCUT2D eigenvalue weighted by atomic mass is 16.3. The fourth-order valence-electron chi connectivity index (χ4n) is 4.05. The molecule has 2 aromatic carbocycles. The minimum atomic E-state index is -0.656. The van der Waals surface area contributed by atoms with Gasteiger partial charge in [-0.1, -0.05) is 66.7 Å². The van der Waals surface area contributed by atoms with Gasteiger partial charge < -0.3 is 5.11 Å². The van der Waals surface area contributed by atoms with Crippen molar-refractivity contribution in [3.63, 3.8) is 0 Å². The van der Waals surface area contributed by atoms with Crippen molar-refractivity contribution in [3.05, 3.63) is 64.7 Å². The van der Waals surface area contributed by atoms with Gasteiger partial charge in [-0.25, -0.2) is 9.69 Å². The van der Waals surface area contributed by atoms with Gasteiger partial charge in [-0.15, -0.1) is 0 Å². The maximum Gasteiger partial charge on any atom is 0.338 e. The number of anilines is 1. The molecule has 1 heterocycles. The molecule has 1 fully saturated rings. The third-order valence-electron chi connectivity index (χ3n) is 5.85. The van der Waals surface area contributed by atoms with Crippen LogP contribution in [0.4, 0.5) is 10.5 Å². The number of rotatable bonds is 4. The van der Waals surface area contributed by atoms with Gasteiger partial charge in [0.15, 0.2) is 0 Å². The second-order valence-corrected chi connectivity index (χ2v) is 10.7. The van der Waals surface area contributed by atoms with Gasteiger partial charge in [0.2, 0.25) is 0 Å². The third-order valence-corrected chi connectivity index (χ3v) is 5.85. The first-order valence-electron chi connectivity index (χ1n) is 11.6. The Morgan fingerprint density at radius 1 is 0.853 bits per heavy atom. The van der Waals surface area contributed by atoms with Crippen molar-refractivity contribution < 1.29 is 19.5 Å². The predicted octanol–water partition coefficient (Wildman–Crippen LogP) is 5.78. The number of phenolic OH excluding ortho intramolecular Hbond substituents is 1. The second-order valence-electron chi connectivity index (χ2n) is 10.7. The number of hydrogen-bond acceptors (Lipinski definition) is 4. The van der Waals surface area contributed by atoms with E-state index < -0.39 is 17.8 Å². The number of aromatic hydroxyl groups is 1. The number of para-hydroxylation sites is 1. The van der Waals surface area contributed by atoms with Gasteiger partial charge in [-0.3, -0.25) is 14.5 Å². The quantitative estimate of drug-likeness (QED) is 0.462. The Balaban J connectivity index is 2.23. The van der Waals surface area contributed by atoms with Crippen LogP contribution in [-0.4, -0.2) is 34.4 Å². The SMILES string of the molecule is CCCN1C(=O)C(=Cc2cc(C(C)(C)C)c(O)c(C(C)(C)C)c2)C(=O)N(c2ccccc2)C1=O. The molecular weight excluding hydrogens is 428 g/mol. The van der Waals surface area contributed by atoms with Gasteiger partial charge in [0.25, 0.3) is 11.8 Å². The highest BCUT2D eigenvalue weighted by Gasteiger charge is 2.42. The molecular formula is C28H34N2O4. The molecule has 0 saturated carbocycles. The smallest absolute Gasteiger partial charge is 0.338 e. The fourth-order valence-corrected chi connectivity index (χ4v) is 4.05. The topological polar surface area (TPSA) is 77.9 Å². The van der Waals surface area contributed by atoms with E-state index in [-0.39, 0.29) is 28.7 Å². The summed E-state index contributed by atoms with van der Waals surface area (Å²) in [6.45, 7) is 14.1. The summed E-state index contributed by atoms with van der Waals surface area (Å²) in [6, 6.07) is 11.6. The van der Waals surface area contributed by atoms with Crippen LogP contribution in [0.1, 0.15) is 71.6 Å². The highest BCUT2D eigenvalue weighted by molar-refractivity contribution is 6.39. The van der Waals surface area contributed by atoms with Crippen LogP contribution >= 0.6 is 0 Å². The van der Waals surface area contributed by atoms with E-state index in [4.69, 9.17) is 0 Å². The number of phenols is 1. The van der Waals surface area contributed by atoms with Gasteiger partial charge in [0.05, 0.1) is 5.69 Å². The van der Waals surface area contributed by atoms with Crippen molar-refractivity contribution in [2.45, 2.75) is 65.7 Å². The van der Waals surface area contributed by atoms with Crippen molar-refractivity contribution in [3.8, 4) is 5.75 Å². The van der Waals surface area contributed by atoms with E-state index in [0.29, 0.717) is 17.7 Å². The van der Waals surface area contributed by atoms with Gasteiger partial charge in [0.1, 0.15) is 11.3 Å². The largest absolute Gasteiger partial charge is 0.507 e. The summed E-state index contributed by atoms with van der Waals surface area (Å²) in [5.41, 5.74) is 1.69. The molecule has 34 heavy (non-hydrogen) atoms. The molecule has 1 aliphatic heterocycles. The predicted molar refractivity (Wildman–Crippen MR) is 135 cm³/mol. The molecule has 1 saturated heterocycles. The maximum absolute atomic E-state index is 13.5. The number of carbonyl (C=O) groups excluding carboxylic acids is 3. The molecule has 0 atom stereocenters. The molecule has 6 heteroatoms. The van der Waals surface area contributed by atoms with Crippen molar-refractivity contribution in [2.24, 2.45) is 0 Å². The van der Waals surface area contributed by atoms with Gasteiger partial charge in [-0.2, -0.15) is 0 Å². The Bertz CT molecular complexity index is 1120. The molecule has 1 aliphatic rings. The lowest BCUT2D eigenvalue weighted by molar-refractivity contribution is -0.129. The fraction of sp³-hybridized carbons (Fsp3) is 0.393. The number of urea groups is 1. The third kappa shape index (κ3) is 4.76. The Morgan fingerprint density at radius 2 is 1.38 bits per heavy atom. The standard InChI is InChI=1S/C28H34N2O4/c1-8-14-29-24(32)20(25(33)30(26(29)34)19-12-10-9-11-13-19)15-18-16-21(27(2,3)4)23(31)22(17-18)28(5,6)7/h9-13,15-17,31H,8,14H2,1-7H3. The molecule has 2 aromatic rings. The molecule has 4 amide bonds. The molecule has 0 spiro atoms. The summed E-state index contributed by atoms with van der Waals surface area (Å²) in [6.07, 6.45) is 2.11. The normalized spacial score (nSPS) is 16.6. The number of barbiturate groups is 1. The Morgan fingerprint density at radius 3 is 1.85 bits per heavy atom. The first kappa shape index (κ1) is 25.2. The van der Waals surface area contributed by atoms with Gasteiger partial charge in [-0.05, 0) is 53.2 Å². The molecule has 0 unspecified atom stereocenters. The molecule has 3 rings (SSSR count). The first-order chi connectivity index (χ1) is 15.8. The molecule has 0 bridgehead atoms. The van der Waals surface area contributed by atoms with E-state index in [1.54, 1.807) is 36.4 Å². The number of imide groups is 2. The molecule has 1 N–H and O–H groups in total. The Hall–Kier alpha value is -3.41. The molecule has 6 nitrogen and oxygen atoms in total. The molecule has 0 radical (unpaired) electrons. The van der Waals surface area contributed by atoms with Gasteiger partial charge >= 0.3 is 6.03 Å². The van der Waals surface area contributed by atoms with E-state index in [1.807, 2.05) is 60.6 Å². The van der Waals surface area contributed by atoms with Crippen molar-refractivity contribution in [1.82, 2.24) is 4.90 Å². The van der Waals surface area contributed by atoms with Crippen LogP contribution in [0.2, 0.25) is 0 Å². The minimum Gasteiger partial charge on any atom is -0.507 e. The van der Waals surface area contributed by atoms with Crippen LogP contribution in [0.5, 0.6) is 5.75 Å². The van der Waals surface area contributed by atoms with E-state index >= 15 is 0 Å². The van der Waals surface area contributed by atoms with Crippen molar-refractivity contribution in [1.29, 1.82) is 0 Å². The number of hydrogen-bond donors (Lipinski definition) is 1. The van der Waals surface area contributed by atoms with E-state index in [0.717, 1.165) is 20.9 Å². The monoisotopic (exact) mass is 462 g/mol. The van der Waals surface area contributed by atoms with Crippen molar-refractivity contribution >= 4 is 29.6 Å². The Kier molecular flexibility index (Phi) is 6.74. The van der Waals surface area contributed by atoms with Crippen LogP contribution in [0, 0.1) is 0 Å². The summed E-state index contributed by atoms with van der Waals surface area (Å²) in [5, 5.41) is 11.0. The number of nitrogens with zero attached hydrogens (tertiary/aromatic N) is 2. The lowest BCUT2D eigenvalue weighted by atomic mass is 9.78. The lowest BCUT2D eigenvalue weighted by Crippen LogP contribution is -2.56. The number of amides is 4. The number of benzene rings is 2. The molecule has 180 valence electrons. The van der Waals surface area contributed by atoms with E-state index in [2.05, 4.69) is 0 Å². The summed E-state index contributed by atoms with van der Waals surface area (Å²) >= 11 is 0. The van der Waals surface area contributed by atoms with Crippen molar-refractivity contribution in [2.75, 3.05) is 11.4 Å². The first-order valence-corrected chi connectivity index (χ1v) is 11.6. The molecule has 0 aromatic heterocycles. The van der Waals surface area contributed by atoms with E-state index in [1.165, 1.54) is 0 Å². The zero-order chi connectivity index (χ0) is 25.4. The maximum atomic E-state index is 13.5. The van der Waals surface area contributed by atoms with Crippen LogP contribution in [0.15, 0.2) is 48.0 Å². The summed E-state index contributed by atoms with van der Waals surface area (Å²) < 4.78 is 0. The number of carbonyl (C=O) groups is 3. The zero-order valence-corrected chi connectivity index (χ0v) is 21.1. The highest BCUT2D eigenvalue weighted by Crippen LogP contribution is 2.40.